The summed E-state index contributed by atoms with van der Waals surface area (Å²) in [6, 6.07) is 10.7. The molecule has 1 saturated heterocycles. The van der Waals surface area contributed by atoms with E-state index in [1.54, 1.807) is 22.9 Å². The van der Waals surface area contributed by atoms with Crippen molar-refractivity contribution < 1.29 is 9.13 Å². The van der Waals surface area contributed by atoms with E-state index in [2.05, 4.69) is 24.8 Å². The minimum Gasteiger partial charge on any atom is -0.472 e. The number of aromatic nitrogens is 4. The highest BCUT2D eigenvalue weighted by molar-refractivity contribution is 6.30. The maximum absolute atomic E-state index is 13.4. The minimum absolute atomic E-state index is 0.269. The van der Waals surface area contributed by atoms with Gasteiger partial charge in [0.15, 0.2) is 5.82 Å². The predicted molar refractivity (Wildman–Crippen MR) is 120 cm³/mol. The number of hydrogen-bond acceptors (Lipinski definition) is 6. The van der Waals surface area contributed by atoms with Crippen LogP contribution in [-0.4, -0.2) is 50.4 Å². The second-order valence-electron chi connectivity index (χ2n) is 7.74. The molecule has 1 aliphatic rings. The van der Waals surface area contributed by atoms with Crippen molar-refractivity contribution in [3.05, 3.63) is 83.3 Å². The summed E-state index contributed by atoms with van der Waals surface area (Å²) in [6.45, 7) is 4.51. The molecular weight excluding hydrogens is 431 g/mol. The first-order valence-corrected chi connectivity index (χ1v) is 10.8. The highest BCUT2D eigenvalue weighted by atomic mass is 35.5. The molecule has 1 aromatic carbocycles. The van der Waals surface area contributed by atoms with Gasteiger partial charge in [0.25, 0.3) is 0 Å². The molecule has 0 radical (unpaired) electrons. The molecule has 1 aliphatic heterocycles. The van der Waals surface area contributed by atoms with Gasteiger partial charge >= 0.3 is 0 Å². The molecule has 1 fully saturated rings. The zero-order valence-corrected chi connectivity index (χ0v) is 18.1. The first-order chi connectivity index (χ1) is 15.6. The van der Waals surface area contributed by atoms with Crippen molar-refractivity contribution in [2.45, 2.75) is 13.2 Å². The van der Waals surface area contributed by atoms with E-state index in [1.807, 2.05) is 30.5 Å². The zero-order chi connectivity index (χ0) is 21.9. The summed E-state index contributed by atoms with van der Waals surface area (Å²) < 4.78 is 20.9. The Hall–Kier alpha value is -3.23. The Balaban J connectivity index is 1.17. The lowest BCUT2D eigenvalue weighted by molar-refractivity contribution is 0.246. The Kier molecular flexibility index (Phi) is 5.87. The molecule has 0 aliphatic carbocycles. The fraction of sp³-hybridized carbons (Fsp3) is 0.261. The summed E-state index contributed by atoms with van der Waals surface area (Å²) >= 11 is 6.03. The molecule has 9 heteroatoms. The van der Waals surface area contributed by atoms with Crippen molar-refractivity contribution in [3.8, 4) is 5.88 Å². The van der Waals surface area contributed by atoms with Crippen LogP contribution in [0.15, 0.2) is 61.2 Å². The zero-order valence-electron chi connectivity index (χ0n) is 17.4. The van der Waals surface area contributed by atoms with Crippen LogP contribution in [0.3, 0.4) is 0 Å². The van der Waals surface area contributed by atoms with Crippen LogP contribution >= 0.6 is 11.6 Å². The molecule has 32 heavy (non-hydrogen) atoms. The van der Waals surface area contributed by atoms with Gasteiger partial charge in [-0.1, -0.05) is 23.7 Å². The van der Waals surface area contributed by atoms with Crippen LogP contribution in [0, 0.1) is 5.82 Å². The molecule has 4 heterocycles. The van der Waals surface area contributed by atoms with Gasteiger partial charge in [-0.2, -0.15) is 4.98 Å². The van der Waals surface area contributed by atoms with Gasteiger partial charge in [0.05, 0.1) is 18.1 Å². The van der Waals surface area contributed by atoms with Crippen molar-refractivity contribution >= 4 is 23.1 Å². The van der Waals surface area contributed by atoms with E-state index in [-0.39, 0.29) is 5.82 Å². The number of hydrogen-bond donors (Lipinski definition) is 0. The fourth-order valence-electron chi connectivity index (χ4n) is 3.80. The van der Waals surface area contributed by atoms with Gasteiger partial charge < -0.3 is 14.0 Å². The molecule has 7 nitrogen and oxygen atoms in total. The van der Waals surface area contributed by atoms with Crippen LogP contribution in [0.5, 0.6) is 5.88 Å². The van der Waals surface area contributed by atoms with Crippen molar-refractivity contribution in [1.29, 1.82) is 0 Å². The van der Waals surface area contributed by atoms with E-state index < -0.39 is 0 Å². The number of pyridine rings is 1. The fourth-order valence-corrected chi connectivity index (χ4v) is 4.01. The summed E-state index contributed by atoms with van der Waals surface area (Å²) in [7, 11) is 0. The van der Waals surface area contributed by atoms with E-state index in [9.17, 15) is 4.39 Å². The Morgan fingerprint density at radius 1 is 1.00 bits per heavy atom. The monoisotopic (exact) mass is 452 g/mol. The van der Waals surface area contributed by atoms with Crippen molar-refractivity contribution in [1.82, 2.24) is 24.3 Å². The lowest BCUT2D eigenvalue weighted by Crippen LogP contribution is -2.46. The third-order valence-electron chi connectivity index (χ3n) is 5.42. The third kappa shape index (κ3) is 4.81. The maximum atomic E-state index is 13.4. The summed E-state index contributed by atoms with van der Waals surface area (Å²) in [6.07, 6.45) is 6.72. The molecule has 3 aromatic heterocycles. The Morgan fingerprint density at radius 3 is 2.72 bits per heavy atom. The molecule has 0 atom stereocenters. The molecule has 0 unspecified atom stereocenters. The average molecular weight is 453 g/mol. The second kappa shape index (κ2) is 9.10. The average Bonchev–Trinajstić information content (AvgIpc) is 3.20. The first-order valence-electron chi connectivity index (χ1n) is 10.4. The summed E-state index contributed by atoms with van der Waals surface area (Å²) in [5.74, 6) is 1.02. The van der Waals surface area contributed by atoms with Crippen molar-refractivity contribution in [3.63, 3.8) is 0 Å². The van der Waals surface area contributed by atoms with Gasteiger partial charge in [-0.3, -0.25) is 9.88 Å². The predicted octanol–water partition coefficient (Wildman–Crippen LogP) is 3.82. The molecule has 164 valence electrons. The van der Waals surface area contributed by atoms with E-state index in [0.29, 0.717) is 17.5 Å². The van der Waals surface area contributed by atoms with E-state index in [1.165, 1.54) is 12.3 Å². The number of ether oxygens (including phenoxy) is 1. The molecular formula is C23H22ClFN6O. The topological polar surface area (TPSA) is 58.8 Å². The van der Waals surface area contributed by atoms with Crippen LogP contribution in [0.1, 0.15) is 11.3 Å². The quantitative estimate of drug-likeness (QED) is 0.443. The normalized spacial score (nSPS) is 14.8. The second-order valence-corrected chi connectivity index (χ2v) is 8.18. The molecule has 0 bridgehead atoms. The number of piperazine rings is 1. The van der Waals surface area contributed by atoms with Gasteiger partial charge in [0.1, 0.15) is 18.1 Å². The van der Waals surface area contributed by atoms with Gasteiger partial charge in [0.2, 0.25) is 5.88 Å². The lowest BCUT2D eigenvalue weighted by atomic mass is 10.2. The molecule has 0 amide bonds. The summed E-state index contributed by atoms with van der Waals surface area (Å²) in [4.78, 5) is 18.0. The van der Waals surface area contributed by atoms with Crippen molar-refractivity contribution in [2.24, 2.45) is 0 Å². The smallest absolute Gasteiger partial charge is 0.234 e. The molecule has 0 saturated carbocycles. The Labute approximate surface area is 190 Å². The Morgan fingerprint density at radius 2 is 1.88 bits per heavy atom. The molecule has 4 aromatic rings. The number of benzene rings is 1. The number of fused-ring (bicyclic) bond motifs is 1. The van der Waals surface area contributed by atoms with E-state index in [0.717, 1.165) is 55.4 Å². The van der Waals surface area contributed by atoms with Gasteiger partial charge in [-0.05, 0) is 29.8 Å². The highest BCUT2D eigenvalue weighted by Crippen LogP contribution is 2.19. The summed E-state index contributed by atoms with van der Waals surface area (Å²) in [5.41, 5.74) is 2.66. The van der Waals surface area contributed by atoms with Gasteiger partial charge in [-0.25, -0.2) is 9.37 Å². The maximum Gasteiger partial charge on any atom is 0.234 e. The van der Waals surface area contributed by atoms with Gasteiger partial charge in [-0.15, -0.1) is 0 Å². The molecule has 0 N–H and O–H groups in total. The van der Waals surface area contributed by atoms with E-state index in [4.69, 9.17) is 16.3 Å². The number of halogens is 2. The van der Waals surface area contributed by atoms with Crippen LogP contribution in [0.25, 0.3) is 5.65 Å². The number of imidazole rings is 1. The van der Waals surface area contributed by atoms with Crippen LogP contribution in [-0.2, 0) is 13.2 Å². The largest absolute Gasteiger partial charge is 0.472 e. The number of anilines is 1. The van der Waals surface area contributed by atoms with Crippen LogP contribution in [0.4, 0.5) is 10.2 Å². The van der Waals surface area contributed by atoms with Crippen LogP contribution < -0.4 is 9.64 Å². The number of nitrogens with zero attached hydrogens (tertiary/aromatic N) is 6. The first kappa shape index (κ1) is 20.7. The van der Waals surface area contributed by atoms with Crippen LogP contribution in [0.2, 0.25) is 5.02 Å². The third-order valence-corrected chi connectivity index (χ3v) is 5.66. The van der Waals surface area contributed by atoms with E-state index >= 15 is 0 Å². The highest BCUT2D eigenvalue weighted by Gasteiger charge is 2.20. The number of rotatable bonds is 6. The van der Waals surface area contributed by atoms with Gasteiger partial charge in [0, 0.05) is 50.1 Å². The lowest BCUT2D eigenvalue weighted by Gasteiger charge is -2.34. The molecule has 5 rings (SSSR count). The van der Waals surface area contributed by atoms with Crippen molar-refractivity contribution in [2.75, 3.05) is 31.1 Å². The Bertz CT molecular complexity index is 1220. The molecule has 0 spiro atoms. The SMILES string of the molecule is Fc1ccc2nc(CN3CCN(c4cncc(OCc5cccc(Cl)c5)n4)CC3)cn2c1. The standard InChI is InChI=1S/C23H22ClFN6O/c24-18-3-1-2-17(10-18)16-32-23-12-26-11-22(28-23)30-8-6-29(7-9-30)14-20-15-31-13-19(25)4-5-21(31)27-20/h1-5,10-13,15H,6-9,14,16H2. The minimum atomic E-state index is -0.269. The summed E-state index contributed by atoms with van der Waals surface area (Å²) in [5, 5.41) is 0.680.